The van der Waals surface area contributed by atoms with E-state index in [0.29, 0.717) is 23.7 Å². The van der Waals surface area contributed by atoms with Gasteiger partial charge in [0.1, 0.15) is 5.76 Å². The topological polar surface area (TPSA) is 15.7 Å². The molecule has 2 rings (SSSR count). The zero-order chi connectivity index (χ0) is 17.9. The molecule has 1 saturated heterocycles. The number of methoxy groups -OCH3 is 1. The first-order chi connectivity index (χ1) is 11.2. The number of halogens is 3. The fourth-order valence-corrected chi connectivity index (χ4v) is 3.11. The highest BCUT2D eigenvalue weighted by atomic mass is 19.4. The van der Waals surface area contributed by atoms with E-state index < -0.39 is 11.7 Å². The number of alkyl halides is 3. The lowest BCUT2D eigenvalue weighted by Crippen LogP contribution is -2.44. The van der Waals surface area contributed by atoms with Gasteiger partial charge in [-0.3, -0.25) is 4.90 Å². The van der Waals surface area contributed by atoms with E-state index in [1.165, 1.54) is 7.11 Å². The third kappa shape index (κ3) is 4.51. The average molecular weight is 342 g/mol. The summed E-state index contributed by atoms with van der Waals surface area (Å²) in [6.45, 7) is 5.56. The SMILES string of the molecule is C=C(OC)c1ccc(CN2CCC[C@@H](N(C)C)C2)c(C(F)(F)F)c1. The Morgan fingerprint density at radius 1 is 1.38 bits per heavy atom. The van der Waals surface area contributed by atoms with Crippen LogP contribution < -0.4 is 0 Å². The van der Waals surface area contributed by atoms with Crippen LogP contribution in [0, 0.1) is 0 Å². The van der Waals surface area contributed by atoms with Crippen LogP contribution in [0.2, 0.25) is 0 Å². The van der Waals surface area contributed by atoms with E-state index in [0.717, 1.165) is 32.0 Å². The fraction of sp³-hybridized carbons (Fsp3) is 0.556. The summed E-state index contributed by atoms with van der Waals surface area (Å²) in [6.07, 6.45) is -2.30. The lowest BCUT2D eigenvalue weighted by molar-refractivity contribution is -0.138. The van der Waals surface area contributed by atoms with Crippen molar-refractivity contribution in [1.82, 2.24) is 9.80 Å². The molecule has 0 spiro atoms. The van der Waals surface area contributed by atoms with Gasteiger partial charge in [0, 0.05) is 24.7 Å². The normalized spacial score (nSPS) is 19.5. The van der Waals surface area contributed by atoms with E-state index in [-0.39, 0.29) is 5.76 Å². The van der Waals surface area contributed by atoms with Crippen molar-refractivity contribution in [2.75, 3.05) is 34.3 Å². The standard InChI is InChI=1S/C18H25F3N2O/c1-13(24-4)14-7-8-15(17(10-14)18(19,20)21)11-23-9-5-6-16(12-23)22(2)3/h7-8,10,16H,1,5-6,9,11-12H2,2-4H3/t16-/m1/s1. The molecular weight excluding hydrogens is 317 g/mol. The van der Waals surface area contributed by atoms with Crippen molar-refractivity contribution in [3.8, 4) is 0 Å². The maximum Gasteiger partial charge on any atom is 0.416 e. The van der Waals surface area contributed by atoms with Crippen LogP contribution >= 0.6 is 0 Å². The van der Waals surface area contributed by atoms with Crippen molar-refractivity contribution in [2.24, 2.45) is 0 Å². The summed E-state index contributed by atoms with van der Waals surface area (Å²) < 4.78 is 45.3. The highest BCUT2D eigenvalue weighted by Gasteiger charge is 2.34. The van der Waals surface area contributed by atoms with Gasteiger partial charge in [0.15, 0.2) is 0 Å². The summed E-state index contributed by atoms with van der Waals surface area (Å²) in [6, 6.07) is 4.71. The van der Waals surface area contributed by atoms with Crippen LogP contribution in [0.25, 0.3) is 5.76 Å². The van der Waals surface area contributed by atoms with E-state index >= 15 is 0 Å². The Bertz CT molecular complexity index is 584. The van der Waals surface area contributed by atoms with Gasteiger partial charge in [-0.2, -0.15) is 13.2 Å². The highest BCUT2D eigenvalue weighted by Crippen LogP contribution is 2.35. The first-order valence-electron chi connectivity index (χ1n) is 8.04. The molecule has 0 aliphatic carbocycles. The molecule has 134 valence electrons. The number of benzene rings is 1. The summed E-state index contributed by atoms with van der Waals surface area (Å²) in [5.41, 5.74) is 0.0538. The van der Waals surface area contributed by atoms with E-state index in [2.05, 4.69) is 16.4 Å². The molecule has 3 nitrogen and oxygen atoms in total. The predicted octanol–water partition coefficient (Wildman–Crippen LogP) is 3.85. The zero-order valence-corrected chi connectivity index (χ0v) is 14.5. The van der Waals surface area contributed by atoms with Crippen LogP contribution in [-0.4, -0.2) is 50.1 Å². The second-order valence-electron chi connectivity index (χ2n) is 6.49. The Kier molecular flexibility index (Phi) is 5.93. The summed E-state index contributed by atoms with van der Waals surface area (Å²) in [4.78, 5) is 4.24. The second kappa shape index (κ2) is 7.57. The van der Waals surface area contributed by atoms with Crippen LogP contribution in [-0.2, 0) is 17.5 Å². The second-order valence-corrected chi connectivity index (χ2v) is 6.49. The molecule has 0 aromatic heterocycles. The number of likely N-dealkylation sites (N-methyl/N-ethyl adjacent to an activating group) is 1. The van der Waals surface area contributed by atoms with Crippen molar-refractivity contribution >= 4 is 5.76 Å². The molecule has 1 aromatic carbocycles. The number of piperidine rings is 1. The molecular formula is C18H25F3N2O. The Labute approximate surface area is 141 Å². The largest absolute Gasteiger partial charge is 0.497 e. The number of nitrogens with zero attached hydrogens (tertiary/aromatic N) is 2. The number of rotatable bonds is 5. The number of hydrogen-bond acceptors (Lipinski definition) is 3. The third-order valence-electron chi connectivity index (χ3n) is 4.59. The molecule has 0 bridgehead atoms. The molecule has 6 heteroatoms. The molecule has 0 radical (unpaired) electrons. The molecule has 1 aliphatic heterocycles. The maximum absolute atomic E-state index is 13.5. The van der Waals surface area contributed by atoms with Gasteiger partial charge in [-0.15, -0.1) is 0 Å². The number of likely N-dealkylation sites (tertiary alicyclic amines) is 1. The van der Waals surface area contributed by atoms with Gasteiger partial charge in [-0.1, -0.05) is 18.7 Å². The average Bonchev–Trinajstić information content (AvgIpc) is 2.53. The van der Waals surface area contributed by atoms with E-state index in [9.17, 15) is 13.2 Å². The van der Waals surface area contributed by atoms with Crippen molar-refractivity contribution in [1.29, 1.82) is 0 Å². The summed E-state index contributed by atoms with van der Waals surface area (Å²) in [5, 5.41) is 0. The first kappa shape index (κ1) is 18.8. The van der Waals surface area contributed by atoms with Crippen molar-refractivity contribution in [3.63, 3.8) is 0 Å². The van der Waals surface area contributed by atoms with Crippen LogP contribution in [0.5, 0.6) is 0 Å². The van der Waals surface area contributed by atoms with Gasteiger partial charge in [0.05, 0.1) is 12.7 Å². The van der Waals surface area contributed by atoms with Crippen LogP contribution in [0.3, 0.4) is 0 Å². The number of hydrogen-bond donors (Lipinski definition) is 0. The van der Waals surface area contributed by atoms with Gasteiger partial charge in [-0.05, 0) is 45.1 Å². The van der Waals surface area contributed by atoms with Gasteiger partial charge in [-0.25, -0.2) is 0 Å². The maximum atomic E-state index is 13.5. The Morgan fingerprint density at radius 3 is 2.67 bits per heavy atom. The summed E-state index contributed by atoms with van der Waals surface area (Å²) >= 11 is 0. The van der Waals surface area contributed by atoms with Crippen molar-refractivity contribution in [3.05, 3.63) is 41.5 Å². The molecule has 0 unspecified atom stereocenters. The van der Waals surface area contributed by atoms with E-state index in [4.69, 9.17) is 4.74 Å². The fourth-order valence-electron chi connectivity index (χ4n) is 3.11. The molecule has 1 aromatic rings. The Morgan fingerprint density at radius 2 is 2.08 bits per heavy atom. The zero-order valence-electron chi connectivity index (χ0n) is 14.5. The van der Waals surface area contributed by atoms with Crippen LogP contribution in [0.1, 0.15) is 29.5 Å². The molecule has 0 saturated carbocycles. The lowest BCUT2D eigenvalue weighted by Gasteiger charge is -2.36. The molecule has 0 N–H and O–H groups in total. The summed E-state index contributed by atoms with van der Waals surface area (Å²) in [7, 11) is 5.43. The lowest BCUT2D eigenvalue weighted by atomic mass is 9.99. The Balaban J connectivity index is 2.24. The third-order valence-corrected chi connectivity index (χ3v) is 4.59. The first-order valence-corrected chi connectivity index (χ1v) is 8.04. The van der Waals surface area contributed by atoms with Gasteiger partial charge in [0.2, 0.25) is 0 Å². The van der Waals surface area contributed by atoms with Gasteiger partial charge >= 0.3 is 6.18 Å². The monoisotopic (exact) mass is 342 g/mol. The minimum Gasteiger partial charge on any atom is -0.497 e. The summed E-state index contributed by atoms with van der Waals surface area (Å²) in [5.74, 6) is 0.234. The minimum absolute atomic E-state index is 0.234. The molecule has 1 heterocycles. The predicted molar refractivity (Wildman–Crippen MR) is 89.5 cm³/mol. The van der Waals surface area contributed by atoms with Gasteiger partial charge < -0.3 is 9.64 Å². The van der Waals surface area contributed by atoms with Crippen LogP contribution in [0.15, 0.2) is 24.8 Å². The smallest absolute Gasteiger partial charge is 0.416 e. The van der Waals surface area contributed by atoms with Crippen LogP contribution in [0.4, 0.5) is 13.2 Å². The van der Waals surface area contributed by atoms with E-state index in [1.807, 2.05) is 14.1 Å². The van der Waals surface area contributed by atoms with Crippen molar-refractivity contribution in [2.45, 2.75) is 31.6 Å². The highest BCUT2D eigenvalue weighted by molar-refractivity contribution is 5.59. The molecule has 0 amide bonds. The van der Waals surface area contributed by atoms with Crippen molar-refractivity contribution < 1.29 is 17.9 Å². The quantitative estimate of drug-likeness (QED) is 0.756. The Hall–Kier alpha value is -1.53. The van der Waals surface area contributed by atoms with E-state index in [1.54, 1.807) is 12.1 Å². The molecule has 24 heavy (non-hydrogen) atoms. The minimum atomic E-state index is -4.39. The molecule has 1 fully saturated rings. The van der Waals surface area contributed by atoms with Gasteiger partial charge in [0.25, 0.3) is 0 Å². The molecule has 1 atom stereocenters. The number of ether oxygens (including phenoxy) is 1. The molecule has 1 aliphatic rings.